The second-order valence-corrected chi connectivity index (χ2v) is 27.9. The number of hydroxylamine groups is 1. The number of hydrogen-bond donors (Lipinski definition) is 1. The van der Waals surface area contributed by atoms with Gasteiger partial charge in [0.2, 0.25) is 23.2 Å². The van der Waals surface area contributed by atoms with Crippen molar-refractivity contribution < 1.29 is 38.6 Å². The normalized spacial score (nSPS) is 13.2. The van der Waals surface area contributed by atoms with Crippen molar-refractivity contribution in [2.45, 2.75) is 261 Å². The van der Waals surface area contributed by atoms with Crippen LogP contribution in [0.25, 0.3) is 0 Å². The van der Waals surface area contributed by atoms with Gasteiger partial charge in [0, 0.05) is 65.3 Å². The van der Waals surface area contributed by atoms with E-state index in [0.29, 0.717) is 48.7 Å². The number of rotatable bonds is 15. The molecule has 0 radical (unpaired) electrons. The molecule has 1 aliphatic rings. The van der Waals surface area contributed by atoms with E-state index in [1.54, 1.807) is 39.6 Å². The van der Waals surface area contributed by atoms with Crippen molar-refractivity contribution in [2.75, 3.05) is 27.3 Å². The summed E-state index contributed by atoms with van der Waals surface area (Å²) >= 11 is 5.10. The van der Waals surface area contributed by atoms with Crippen LogP contribution >= 0.6 is 12.2 Å². The van der Waals surface area contributed by atoms with Gasteiger partial charge in [-0.2, -0.15) is 0 Å². The first-order valence-electron chi connectivity index (χ1n) is 29.3. The van der Waals surface area contributed by atoms with E-state index in [1.807, 2.05) is 62.4 Å². The molecule has 10 heteroatoms. The van der Waals surface area contributed by atoms with E-state index in [9.17, 15) is 19.2 Å². The Morgan fingerprint density at radius 3 is 0.760 bits per heavy atom. The first kappa shape index (κ1) is 86.8. The fourth-order valence-electron chi connectivity index (χ4n) is 7.92. The Bertz CT molecular complexity index is 1400. The highest BCUT2D eigenvalue weighted by molar-refractivity contribution is 7.80. The Morgan fingerprint density at radius 1 is 0.453 bits per heavy atom. The number of ether oxygens (including phenoxy) is 2. The van der Waals surface area contributed by atoms with E-state index in [2.05, 4.69) is 166 Å². The zero-order chi connectivity index (χ0) is 62.2. The Labute approximate surface area is 475 Å². The van der Waals surface area contributed by atoms with Crippen molar-refractivity contribution in [3.63, 3.8) is 0 Å². The summed E-state index contributed by atoms with van der Waals surface area (Å²) in [4.78, 5) is 46.9. The Balaban J connectivity index is -0.000000142. The van der Waals surface area contributed by atoms with Crippen molar-refractivity contribution >= 4 is 46.1 Å². The van der Waals surface area contributed by atoms with Crippen molar-refractivity contribution in [1.82, 2.24) is 4.90 Å². The molecule has 0 aromatic carbocycles. The molecule has 0 saturated carbocycles. The highest BCUT2D eigenvalue weighted by atomic mass is 32.1. The van der Waals surface area contributed by atoms with E-state index in [1.165, 1.54) is 9.60 Å². The molecule has 452 valence electrons. The Kier molecular flexibility index (Phi) is 49.6. The molecule has 0 spiro atoms. The van der Waals surface area contributed by atoms with E-state index in [0.717, 1.165) is 41.2 Å². The standard InChI is InChI=1S/C11H22O2.C8H17NO.C8H18NO.C8H14O2.2C8H18.C7H14O.C7H14S/c1-9(2,3)11(10(4,5)6)12-7-8-13-11;1-6(2)8(10)9(5)7(3)4;1-6(2)8(7(3)4)9(5)10;1-5(2)7(9)8(10)6(3)4;2*1-6(2)8(5)7(3)4;2*1-5(2)7(8)6(3)4/h7-8H2,1-6H3;6-7H,1-5H3;6-7,10H,1-5H3;5-6H,1-4H3;2*6-8H,1-5H3;2*5-6H,1-4H3/q;;+1;;;;;. The molecule has 0 aliphatic carbocycles. The van der Waals surface area contributed by atoms with Crippen LogP contribution in [0.5, 0.6) is 0 Å². The Hall–Kier alpha value is -2.04. The molecule has 1 amide bonds. The van der Waals surface area contributed by atoms with Crippen LogP contribution in [-0.4, -0.2) is 87.8 Å². The molecule has 0 aromatic heterocycles. The summed E-state index contributed by atoms with van der Waals surface area (Å²) in [6.07, 6.45) is 0. The third-order valence-corrected chi connectivity index (χ3v) is 14.6. The van der Waals surface area contributed by atoms with Gasteiger partial charge in [0.1, 0.15) is 5.78 Å². The lowest BCUT2D eigenvalue weighted by Crippen LogP contribution is -2.54. The average Bonchev–Trinajstić information content (AvgIpc) is 3.78. The van der Waals surface area contributed by atoms with Gasteiger partial charge in [-0.3, -0.25) is 24.4 Å². The second kappa shape index (κ2) is 42.8. The second-order valence-electron chi connectivity index (χ2n) is 27.4. The number of ketones is 3. The molecule has 0 bridgehead atoms. The summed E-state index contributed by atoms with van der Waals surface area (Å²) in [5.41, 5.74) is 1.11. The van der Waals surface area contributed by atoms with Crippen LogP contribution in [-0.2, 0) is 28.7 Å². The van der Waals surface area contributed by atoms with Gasteiger partial charge in [0.05, 0.1) is 13.2 Å². The third-order valence-electron chi connectivity index (χ3n) is 13.6. The van der Waals surface area contributed by atoms with E-state index >= 15 is 0 Å². The molecule has 1 N–H and O–H groups in total. The fraction of sp³-hybridized carbons (Fsp3) is 0.908. The zero-order valence-electron chi connectivity index (χ0n) is 57.4. The minimum atomic E-state index is -0.431. The number of carbonyl (C=O) groups excluding carboxylic acids is 4. The summed E-state index contributed by atoms with van der Waals surface area (Å²) in [7, 11) is 3.52. The predicted molar refractivity (Wildman–Crippen MR) is 333 cm³/mol. The highest BCUT2D eigenvalue weighted by Crippen LogP contribution is 2.49. The molecule has 1 rings (SSSR count). The molecule has 9 nitrogen and oxygen atoms in total. The van der Waals surface area contributed by atoms with Crippen LogP contribution in [0.1, 0.15) is 249 Å². The fourth-order valence-corrected chi connectivity index (χ4v) is 7.92. The van der Waals surface area contributed by atoms with Crippen LogP contribution in [0.3, 0.4) is 0 Å². The van der Waals surface area contributed by atoms with E-state index < -0.39 is 5.79 Å². The molecule has 1 aliphatic heterocycles. The minimum absolute atomic E-state index is 0.0156. The molecule has 1 fully saturated rings. The SMILES string of the molecule is CC(C)(C)C1(C(C)(C)C)OCCO1.CC(C)C(=O)C(=O)C(C)C.CC(C)C(=O)C(C)C.CC(C)C(=O)N(C)C(C)C.CC(C)C(=S)C(C)C.CC(C)C(C(C)C)=[N+](C)O.CC(C)C(C)C(C)C.CC(C)C(C)C(C)C. The molecule has 75 heavy (non-hydrogen) atoms. The lowest BCUT2D eigenvalue weighted by atomic mass is 9.70. The zero-order valence-corrected chi connectivity index (χ0v) is 58.2. The van der Waals surface area contributed by atoms with Gasteiger partial charge in [-0.1, -0.05) is 248 Å². The number of thiocarbonyl (C=S) groups is 1. The van der Waals surface area contributed by atoms with Gasteiger partial charge >= 0.3 is 0 Å². The number of amides is 1. The number of nitrogens with zero attached hydrogens (tertiary/aromatic N) is 2. The largest absolute Gasteiger partial charge is 0.346 e. The molecule has 1 heterocycles. The maximum Gasteiger partial charge on any atom is 0.225 e. The van der Waals surface area contributed by atoms with E-state index in [-0.39, 0.29) is 57.9 Å². The topological polar surface area (TPSA) is 113 Å². The lowest BCUT2D eigenvalue weighted by molar-refractivity contribution is -0.757. The third kappa shape index (κ3) is 40.8. The van der Waals surface area contributed by atoms with Crippen molar-refractivity contribution in [3.8, 4) is 0 Å². The minimum Gasteiger partial charge on any atom is -0.346 e. The van der Waals surface area contributed by atoms with Gasteiger partial charge in [-0.05, 0) is 70.8 Å². The Morgan fingerprint density at radius 2 is 0.707 bits per heavy atom. The van der Waals surface area contributed by atoms with Crippen LogP contribution in [0.4, 0.5) is 0 Å². The van der Waals surface area contributed by atoms with Crippen molar-refractivity contribution in [1.29, 1.82) is 0 Å². The van der Waals surface area contributed by atoms with Gasteiger partial charge in [0.25, 0.3) is 0 Å². The van der Waals surface area contributed by atoms with Crippen LogP contribution < -0.4 is 0 Å². The lowest BCUT2D eigenvalue weighted by Gasteiger charge is -2.48. The number of carbonyl (C=O) groups is 4. The summed E-state index contributed by atoms with van der Waals surface area (Å²) in [5, 5.41) is 9.15. The molecule has 0 aromatic rings. The number of Topliss-reactive ketones (excluding diaryl/α,β-unsaturated/α-hetero) is 3. The number of hydrogen-bond acceptors (Lipinski definition) is 8. The van der Waals surface area contributed by atoms with Crippen molar-refractivity contribution in [2.24, 2.45) is 99.6 Å². The summed E-state index contributed by atoms with van der Waals surface area (Å²) < 4.78 is 12.9. The molecule has 0 atom stereocenters. The summed E-state index contributed by atoms with van der Waals surface area (Å²) in [5.74, 6) is 6.95. The van der Waals surface area contributed by atoms with Gasteiger partial charge in [-0.15, -0.1) is 0 Å². The van der Waals surface area contributed by atoms with Crippen LogP contribution in [0.15, 0.2) is 0 Å². The molecular weight excluding hydrogens is 953 g/mol. The van der Waals surface area contributed by atoms with Crippen LogP contribution in [0, 0.1) is 99.6 Å². The summed E-state index contributed by atoms with van der Waals surface area (Å²) in [6, 6.07) is 0.315. The average molecular weight is 1090 g/mol. The summed E-state index contributed by atoms with van der Waals surface area (Å²) in [6.45, 7) is 76.8. The molecular formula is C65H135N2O7S+. The van der Waals surface area contributed by atoms with Crippen molar-refractivity contribution in [3.05, 3.63) is 0 Å². The van der Waals surface area contributed by atoms with Gasteiger partial charge < -0.3 is 14.4 Å². The first-order chi connectivity index (χ1) is 33.3. The predicted octanol–water partition coefficient (Wildman–Crippen LogP) is 17.9. The van der Waals surface area contributed by atoms with E-state index in [4.69, 9.17) is 26.9 Å². The smallest absolute Gasteiger partial charge is 0.225 e. The molecule has 1 saturated heterocycles. The van der Waals surface area contributed by atoms with Gasteiger partial charge in [0.15, 0.2) is 12.8 Å². The quantitative estimate of drug-likeness (QED) is 0.0431. The maximum absolute atomic E-state index is 11.2. The maximum atomic E-state index is 11.2. The van der Waals surface area contributed by atoms with Gasteiger partial charge in [-0.25, -0.2) is 0 Å². The first-order valence-corrected chi connectivity index (χ1v) is 29.7. The molecule has 0 unspecified atom stereocenters. The van der Waals surface area contributed by atoms with Crippen LogP contribution in [0.2, 0.25) is 0 Å². The monoisotopic (exact) mass is 1090 g/mol. The highest BCUT2D eigenvalue weighted by Gasteiger charge is 2.55.